The van der Waals surface area contributed by atoms with Gasteiger partial charge >= 0.3 is 11.9 Å². The van der Waals surface area contributed by atoms with Gasteiger partial charge in [0.1, 0.15) is 12.2 Å². The highest BCUT2D eigenvalue weighted by Gasteiger charge is 2.21. The van der Waals surface area contributed by atoms with E-state index in [1.54, 1.807) is 0 Å². The van der Waals surface area contributed by atoms with Gasteiger partial charge in [0.25, 0.3) is 0 Å². The fourth-order valence-electron chi connectivity index (χ4n) is 1.10. The highest BCUT2D eigenvalue weighted by Crippen LogP contribution is 2.19. The average molecular weight is 199 g/mol. The van der Waals surface area contributed by atoms with Crippen LogP contribution >= 0.6 is 0 Å². The predicted octanol–water partition coefficient (Wildman–Crippen LogP) is -0.162. The Labute approximate surface area is 78.8 Å². The van der Waals surface area contributed by atoms with Crippen LogP contribution in [0.5, 0.6) is 0 Å². The van der Waals surface area contributed by atoms with Crippen LogP contribution in [0, 0.1) is 0 Å². The summed E-state index contributed by atoms with van der Waals surface area (Å²) in [5, 5.41) is 23.1. The third-order valence-corrected chi connectivity index (χ3v) is 1.66. The van der Waals surface area contributed by atoms with Gasteiger partial charge in [-0.2, -0.15) is 5.10 Å². The molecule has 0 aliphatic rings. The minimum absolute atomic E-state index is 0.276. The first-order valence-corrected chi connectivity index (χ1v) is 3.88. The molecule has 0 aromatic carbocycles. The standard InChI is InChI=1S/C7H9N3O4/c11-5(12)1-4(2-6(13)14)7-8-3-9-10-7/h3-4H,1-2H2,(H,11,12)(H,13,14)(H,8,9,10). The van der Waals surface area contributed by atoms with Crippen LogP contribution in [0.15, 0.2) is 6.33 Å². The quantitative estimate of drug-likeness (QED) is 0.606. The van der Waals surface area contributed by atoms with E-state index in [2.05, 4.69) is 15.2 Å². The van der Waals surface area contributed by atoms with Gasteiger partial charge in [-0.3, -0.25) is 14.7 Å². The molecule has 0 amide bonds. The van der Waals surface area contributed by atoms with Crippen LogP contribution in [0.2, 0.25) is 0 Å². The van der Waals surface area contributed by atoms with Crippen molar-refractivity contribution in [2.75, 3.05) is 0 Å². The van der Waals surface area contributed by atoms with E-state index in [0.29, 0.717) is 0 Å². The lowest BCUT2D eigenvalue weighted by molar-refractivity contribution is -0.139. The molecule has 1 aromatic heterocycles. The molecule has 0 aliphatic heterocycles. The molecule has 0 saturated heterocycles. The molecule has 7 nitrogen and oxygen atoms in total. The first-order valence-electron chi connectivity index (χ1n) is 3.88. The Bertz CT molecular complexity index is 306. The van der Waals surface area contributed by atoms with Crippen molar-refractivity contribution < 1.29 is 19.8 Å². The second-order valence-corrected chi connectivity index (χ2v) is 2.76. The van der Waals surface area contributed by atoms with Gasteiger partial charge in [-0.15, -0.1) is 0 Å². The van der Waals surface area contributed by atoms with Crippen molar-refractivity contribution in [2.45, 2.75) is 18.8 Å². The molecule has 7 heteroatoms. The fourth-order valence-corrected chi connectivity index (χ4v) is 1.10. The second-order valence-electron chi connectivity index (χ2n) is 2.76. The number of hydrogen-bond acceptors (Lipinski definition) is 4. The lowest BCUT2D eigenvalue weighted by Crippen LogP contribution is -2.12. The molecule has 1 heterocycles. The molecule has 0 atom stereocenters. The number of hydrogen-bond donors (Lipinski definition) is 3. The summed E-state index contributed by atoms with van der Waals surface area (Å²) in [6.07, 6.45) is 0.662. The molecule has 0 unspecified atom stereocenters. The van der Waals surface area contributed by atoms with Gasteiger partial charge in [-0.05, 0) is 0 Å². The molecule has 1 rings (SSSR count). The zero-order valence-electron chi connectivity index (χ0n) is 7.17. The number of aliphatic carboxylic acids is 2. The first-order chi connectivity index (χ1) is 6.59. The summed E-state index contributed by atoms with van der Waals surface area (Å²) in [6, 6.07) is 0. The maximum absolute atomic E-state index is 10.4. The summed E-state index contributed by atoms with van der Waals surface area (Å²) in [6.45, 7) is 0. The third-order valence-electron chi connectivity index (χ3n) is 1.66. The summed E-state index contributed by atoms with van der Waals surface area (Å²) >= 11 is 0. The molecule has 0 spiro atoms. The number of H-pyrrole nitrogens is 1. The third kappa shape index (κ3) is 2.85. The van der Waals surface area contributed by atoms with Gasteiger partial charge in [0.2, 0.25) is 0 Å². The smallest absolute Gasteiger partial charge is 0.304 e. The van der Waals surface area contributed by atoms with Crippen LogP contribution in [-0.2, 0) is 9.59 Å². The summed E-state index contributed by atoms with van der Waals surface area (Å²) in [7, 11) is 0. The van der Waals surface area contributed by atoms with Gasteiger partial charge in [0.05, 0.1) is 12.8 Å². The van der Waals surface area contributed by atoms with Crippen LogP contribution in [0.3, 0.4) is 0 Å². The summed E-state index contributed by atoms with van der Waals surface area (Å²) < 4.78 is 0. The first kappa shape index (κ1) is 10.2. The van der Waals surface area contributed by atoms with E-state index in [9.17, 15) is 9.59 Å². The largest absolute Gasteiger partial charge is 0.481 e. The Hall–Kier alpha value is -1.92. The lowest BCUT2D eigenvalue weighted by Gasteiger charge is -2.07. The van der Waals surface area contributed by atoms with Crippen LogP contribution < -0.4 is 0 Å². The molecule has 3 N–H and O–H groups in total. The van der Waals surface area contributed by atoms with Crippen molar-refractivity contribution in [2.24, 2.45) is 0 Å². The van der Waals surface area contributed by atoms with Crippen molar-refractivity contribution in [3.63, 3.8) is 0 Å². The number of carboxylic acids is 2. The number of carboxylic acid groups (broad SMARTS) is 2. The van der Waals surface area contributed by atoms with Crippen LogP contribution in [0.25, 0.3) is 0 Å². The maximum Gasteiger partial charge on any atom is 0.304 e. The zero-order chi connectivity index (χ0) is 10.6. The number of aromatic amines is 1. The molecule has 0 aliphatic carbocycles. The van der Waals surface area contributed by atoms with Crippen molar-refractivity contribution in [1.29, 1.82) is 0 Å². The Morgan fingerprint density at radius 3 is 2.29 bits per heavy atom. The lowest BCUT2D eigenvalue weighted by atomic mass is 10.0. The minimum Gasteiger partial charge on any atom is -0.481 e. The van der Waals surface area contributed by atoms with E-state index in [1.165, 1.54) is 6.33 Å². The monoisotopic (exact) mass is 199 g/mol. The average Bonchev–Trinajstić information content (AvgIpc) is 2.52. The molecule has 0 saturated carbocycles. The fraction of sp³-hybridized carbons (Fsp3) is 0.429. The molecule has 14 heavy (non-hydrogen) atoms. The Balaban J connectivity index is 2.71. The van der Waals surface area contributed by atoms with Gasteiger partial charge in [0.15, 0.2) is 0 Å². The highest BCUT2D eigenvalue weighted by molar-refractivity contribution is 5.72. The Morgan fingerprint density at radius 1 is 1.36 bits per heavy atom. The minimum atomic E-state index is -1.06. The van der Waals surface area contributed by atoms with Gasteiger partial charge in [-0.25, -0.2) is 4.98 Å². The van der Waals surface area contributed by atoms with Crippen molar-refractivity contribution in [3.8, 4) is 0 Å². The number of nitrogens with one attached hydrogen (secondary N) is 1. The molecule has 1 aromatic rings. The topological polar surface area (TPSA) is 116 Å². The molecule has 76 valence electrons. The van der Waals surface area contributed by atoms with Crippen molar-refractivity contribution in [1.82, 2.24) is 15.2 Å². The van der Waals surface area contributed by atoms with E-state index in [0.717, 1.165) is 0 Å². The highest BCUT2D eigenvalue weighted by atomic mass is 16.4. The van der Waals surface area contributed by atoms with Gasteiger partial charge in [0, 0.05) is 5.92 Å². The van der Waals surface area contributed by atoms with E-state index in [-0.39, 0.29) is 18.7 Å². The predicted molar refractivity (Wildman–Crippen MR) is 43.6 cm³/mol. The van der Waals surface area contributed by atoms with Crippen molar-refractivity contribution in [3.05, 3.63) is 12.2 Å². The Morgan fingerprint density at radius 2 is 1.93 bits per heavy atom. The molecular weight excluding hydrogens is 190 g/mol. The maximum atomic E-state index is 10.4. The SMILES string of the molecule is O=C(O)CC(CC(=O)O)c1ncn[nH]1. The van der Waals surface area contributed by atoms with Crippen LogP contribution in [0.4, 0.5) is 0 Å². The summed E-state index contributed by atoms with van der Waals surface area (Å²) in [4.78, 5) is 24.6. The molecule has 0 fully saturated rings. The van der Waals surface area contributed by atoms with E-state index >= 15 is 0 Å². The number of carbonyl (C=O) groups is 2. The molecule has 0 radical (unpaired) electrons. The molecular formula is C7H9N3O4. The zero-order valence-corrected chi connectivity index (χ0v) is 7.17. The normalized spacial score (nSPS) is 10.4. The van der Waals surface area contributed by atoms with E-state index in [4.69, 9.17) is 10.2 Å². The van der Waals surface area contributed by atoms with Gasteiger partial charge < -0.3 is 10.2 Å². The second kappa shape index (κ2) is 4.35. The van der Waals surface area contributed by atoms with Gasteiger partial charge in [-0.1, -0.05) is 0 Å². The van der Waals surface area contributed by atoms with Crippen molar-refractivity contribution >= 4 is 11.9 Å². The number of aromatic nitrogens is 3. The Kier molecular flexibility index (Phi) is 3.16. The van der Waals surface area contributed by atoms with Crippen LogP contribution in [-0.4, -0.2) is 37.3 Å². The number of nitrogens with zero attached hydrogens (tertiary/aromatic N) is 2. The van der Waals surface area contributed by atoms with E-state index < -0.39 is 17.9 Å². The van der Waals surface area contributed by atoms with Crippen LogP contribution in [0.1, 0.15) is 24.6 Å². The molecule has 0 bridgehead atoms. The summed E-state index contributed by atoms with van der Waals surface area (Å²) in [5.41, 5.74) is 0. The summed E-state index contributed by atoms with van der Waals surface area (Å²) in [5.74, 6) is -2.50. The number of rotatable bonds is 5. The van der Waals surface area contributed by atoms with E-state index in [1.807, 2.05) is 0 Å².